The molecule has 1 heterocycles. The minimum Gasteiger partial charge on any atom is -1.00 e. The van der Waals surface area contributed by atoms with Crippen molar-refractivity contribution < 1.29 is 55.9 Å². The molecule has 4 N–H and O–H groups in total. The topological polar surface area (TPSA) is 146 Å². The lowest BCUT2D eigenvalue weighted by atomic mass is 10.0. The van der Waals surface area contributed by atoms with Crippen LogP contribution in [-0.2, 0) is 4.79 Å². The van der Waals surface area contributed by atoms with Crippen molar-refractivity contribution in [2.45, 2.75) is 19.4 Å². The molecule has 0 fully saturated rings. The average molecular weight is 522 g/mol. The molecule has 1 atom stereocenters. The molecule has 11 nitrogen and oxygen atoms in total. The van der Waals surface area contributed by atoms with Gasteiger partial charge in [-0.2, -0.15) is 4.79 Å². The Balaban J connectivity index is 0.00000456. The lowest BCUT2D eigenvalue weighted by Crippen LogP contribution is -3.00. The van der Waals surface area contributed by atoms with Crippen molar-refractivity contribution in [3.05, 3.63) is 36.5 Å². The van der Waals surface area contributed by atoms with E-state index in [1.54, 1.807) is 43.5 Å². The van der Waals surface area contributed by atoms with Crippen LogP contribution in [0.3, 0.4) is 0 Å². The predicted octanol–water partition coefficient (Wildman–Crippen LogP) is 0.00550. The molecule has 3 rings (SSSR count). The Morgan fingerprint density at radius 2 is 1.64 bits per heavy atom. The minimum atomic E-state index is -1.16. The highest BCUT2D eigenvalue weighted by atomic mass is 35.5. The van der Waals surface area contributed by atoms with Gasteiger partial charge in [-0.05, 0) is 29.8 Å². The first kappa shape index (κ1) is 28.3. The Morgan fingerprint density at radius 1 is 1.00 bits per heavy atom. The van der Waals surface area contributed by atoms with Gasteiger partial charge in [0, 0.05) is 17.5 Å². The molecule has 0 saturated carbocycles. The number of rotatable bonds is 10. The maximum atomic E-state index is 12.7. The maximum Gasteiger partial charge on any atom is 0.510 e. The first-order valence-corrected chi connectivity index (χ1v) is 10.7. The van der Waals surface area contributed by atoms with E-state index in [2.05, 4.69) is 10.5 Å². The fourth-order valence-corrected chi connectivity index (χ4v) is 3.62. The monoisotopic (exact) mass is 521 g/mol. The van der Waals surface area contributed by atoms with Gasteiger partial charge in [0.05, 0.1) is 40.3 Å². The van der Waals surface area contributed by atoms with E-state index in [0.29, 0.717) is 57.6 Å². The van der Waals surface area contributed by atoms with Gasteiger partial charge in [0.2, 0.25) is 5.75 Å². The zero-order valence-corrected chi connectivity index (χ0v) is 21.2. The quantitative estimate of drug-likeness (QED) is 0.335. The van der Waals surface area contributed by atoms with Crippen molar-refractivity contribution in [1.82, 2.24) is 5.16 Å². The summed E-state index contributed by atoms with van der Waals surface area (Å²) in [6, 6.07) is 7.88. The summed E-state index contributed by atoms with van der Waals surface area (Å²) < 4.78 is 27.2. The first-order valence-electron chi connectivity index (χ1n) is 10.7. The molecular formula is C24H28ClN3O8. The highest BCUT2D eigenvalue weighted by Gasteiger charge is 2.25. The standard InChI is InChI=1S/C24H27N3O8.ClH/c1-6-16(27-24(29)30)23(28)26-17-9-13(7-8-18(17)31-2)15-12-25-35-21(15)14-10-19(32-3)22(34-5)20(11-14)33-4;/h7-12,16,27H,6H2,1-5H3,(H,26,28)(H,29,30);1H. The van der Waals surface area contributed by atoms with Crippen LogP contribution in [0.25, 0.3) is 22.5 Å². The lowest BCUT2D eigenvalue weighted by Gasteiger charge is -2.15. The number of nitrogens with one attached hydrogen (secondary N) is 1. The molecule has 1 aromatic heterocycles. The van der Waals surface area contributed by atoms with Crippen LogP contribution in [0.4, 0.5) is 10.5 Å². The Hall–Kier alpha value is -3.96. The third-order valence-electron chi connectivity index (χ3n) is 5.39. The largest absolute Gasteiger partial charge is 1.00 e. The number of quaternary nitrogens is 1. The number of halogens is 1. The van der Waals surface area contributed by atoms with Crippen LogP contribution in [-0.4, -0.2) is 56.7 Å². The van der Waals surface area contributed by atoms with Crippen LogP contribution >= 0.6 is 0 Å². The number of hydrogen-bond donors (Lipinski definition) is 3. The third-order valence-corrected chi connectivity index (χ3v) is 5.39. The third kappa shape index (κ3) is 5.99. The molecule has 2 aromatic carbocycles. The van der Waals surface area contributed by atoms with Gasteiger partial charge in [0.1, 0.15) is 5.75 Å². The zero-order valence-electron chi connectivity index (χ0n) is 20.5. The predicted molar refractivity (Wildman–Crippen MR) is 126 cm³/mol. The van der Waals surface area contributed by atoms with E-state index >= 15 is 0 Å². The van der Waals surface area contributed by atoms with Crippen LogP contribution in [0.1, 0.15) is 13.3 Å². The van der Waals surface area contributed by atoms with E-state index < -0.39 is 18.0 Å². The van der Waals surface area contributed by atoms with E-state index in [4.69, 9.17) is 28.6 Å². The number of nitrogens with zero attached hydrogens (tertiary/aromatic N) is 1. The van der Waals surface area contributed by atoms with E-state index in [1.807, 2.05) is 0 Å². The maximum absolute atomic E-state index is 12.7. The summed E-state index contributed by atoms with van der Waals surface area (Å²) in [5, 5.41) is 16.7. The Labute approximate surface area is 214 Å². The molecule has 194 valence electrons. The van der Waals surface area contributed by atoms with Crippen molar-refractivity contribution in [2.24, 2.45) is 0 Å². The lowest BCUT2D eigenvalue weighted by molar-refractivity contribution is -0.592. The van der Waals surface area contributed by atoms with Crippen molar-refractivity contribution in [3.63, 3.8) is 0 Å². The minimum absolute atomic E-state index is 0. The second-order valence-electron chi connectivity index (χ2n) is 7.41. The molecule has 0 aliphatic heterocycles. The van der Waals surface area contributed by atoms with Gasteiger partial charge in [0.15, 0.2) is 23.3 Å². The molecule has 0 saturated heterocycles. The molecule has 0 aliphatic rings. The average Bonchev–Trinajstić information content (AvgIpc) is 3.36. The summed E-state index contributed by atoms with van der Waals surface area (Å²) in [4.78, 5) is 23.8. The fraction of sp³-hybridized carbons (Fsp3) is 0.292. The molecule has 12 heteroatoms. The van der Waals surface area contributed by atoms with Crippen molar-refractivity contribution in [2.75, 3.05) is 33.8 Å². The SMILES string of the molecule is CCC([NH2+]C(=O)O)C(=O)Nc1cc(-c2cnoc2-c2cc(OC)c(OC)c(OC)c2)ccc1OC.[Cl-]. The zero-order chi connectivity index (χ0) is 25.5. The van der Waals surface area contributed by atoms with Gasteiger partial charge in [-0.3, -0.25) is 4.79 Å². The molecule has 3 aromatic rings. The molecule has 0 radical (unpaired) electrons. The highest BCUT2D eigenvalue weighted by molar-refractivity contribution is 5.96. The molecule has 1 unspecified atom stereocenters. The van der Waals surface area contributed by atoms with Crippen LogP contribution in [0.15, 0.2) is 41.1 Å². The molecular weight excluding hydrogens is 494 g/mol. The molecule has 2 amide bonds. The normalized spacial score (nSPS) is 11.1. The second kappa shape index (κ2) is 12.7. The van der Waals surface area contributed by atoms with Gasteiger partial charge >= 0.3 is 6.09 Å². The highest BCUT2D eigenvalue weighted by Crippen LogP contribution is 2.44. The van der Waals surface area contributed by atoms with E-state index in [1.165, 1.54) is 28.4 Å². The van der Waals surface area contributed by atoms with E-state index in [-0.39, 0.29) is 12.4 Å². The number of aromatic nitrogens is 1. The van der Waals surface area contributed by atoms with Crippen molar-refractivity contribution in [1.29, 1.82) is 0 Å². The number of anilines is 1. The van der Waals surface area contributed by atoms with Gasteiger partial charge in [0.25, 0.3) is 5.91 Å². The molecule has 0 aliphatic carbocycles. The number of carboxylic acid groups (broad SMARTS) is 1. The Kier molecular flexibility index (Phi) is 9.94. The first-order chi connectivity index (χ1) is 16.9. The van der Waals surface area contributed by atoms with Crippen LogP contribution in [0.2, 0.25) is 0 Å². The molecule has 0 spiro atoms. The fourth-order valence-electron chi connectivity index (χ4n) is 3.62. The van der Waals surface area contributed by atoms with Gasteiger partial charge in [-0.15, -0.1) is 0 Å². The second-order valence-corrected chi connectivity index (χ2v) is 7.41. The summed E-state index contributed by atoms with van der Waals surface area (Å²) in [6.07, 6.45) is 0.725. The molecule has 0 bridgehead atoms. The Bertz CT molecular complexity index is 1190. The van der Waals surface area contributed by atoms with Crippen molar-refractivity contribution >= 4 is 17.7 Å². The number of nitrogens with two attached hydrogens (primary N) is 1. The number of carbonyl (C=O) groups excluding carboxylic acids is 1. The van der Waals surface area contributed by atoms with Gasteiger partial charge in [-0.25, -0.2) is 5.32 Å². The Morgan fingerprint density at radius 3 is 2.17 bits per heavy atom. The summed E-state index contributed by atoms with van der Waals surface area (Å²) in [5.74, 6) is 1.74. The van der Waals surface area contributed by atoms with Gasteiger partial charge < -0.3 is 46.3 Å². The number of primary amides is 1. The summed E-state index contributed by atoms with van der Waals surface area (Å²) >= 11 is 0. The number of hydrogen-bond acceptors (Lipinski definition) is 8. The smallest absolute Gasteiger partial charge is 0.510 e. The number of methoxy groups -OCH3 is 4. The number of carbonyl (C=O) groups is 2. The van der Waals surface area contributed by atoms with Crippen LogP contribution < -0.4 is 42.0 Å². The summed E-state index contributed by atoms with van der Waals surface area (Å²) in [6.45, 7) is 1.73. The number of ether oxygens (including phenoxy) is 4. The van der Waals surface area contributed by atoms with Crippen LogP contribution in [0, 0.1) is 0 Å². The molecule has 36 heavy (non-hydrogen) atoms. The van der Waals surface area contributed by atoms with Crippen LogP contribution in [0.5, 0.6) is 23.0 Å². The summed E-state index contributed by atoms with van der Waals surface area (Å²) in [5.41, 5.74) is 2.34. The van der Waals surface area contributed by atoms with E-state index in [0.717, 1.165) is 5.32 Å². The van der Waals surface area contributed by atoms with Gasteiger partial charge in [-0.1, -0.05) is 18.1 Å². The summed E-state index contributed by atoms with van der Waals surface area (Å²) in [7, 11) is 6.04. The number of benzene rings is 2. The van der Waals surface area contributed by atoms with Crippen molar-refractivity contribution in [3.8, 4) is 45.4 Å². The van der Waals surface area contributed by atoms with E-state index in [9.17, 15) is 9.59 Å². The number of amides is 2.